The van der Waals surface area contributed by atoms with Crippen LogP contribution in [0.4, 0.5) is 0 Å². The molecule has 1 aliphatic heterocycles. The zero-order valence-electron chi connectivity index (χ0n) is 10.7. The maximum absolute atomic E-state index is 12.3. The van der Waals surface area contributed by atoms with Crippen molar-refractivity contribution in [1.82, 2.24) is 24.6 Å². The van der Waals surface area contributed by atoms with Gasteiger partial charge in [-0.2, -0.15) is 0 Å². The van der Waals surface area contributed by atoms with E-state index in [2.05, 4.69) is 15.2 Å². The van der Waals surface area contributed by atoms with Crippen molar-refractivity contribution in [3.8, 4) is 0 Å². The first-order valence-corrected chi connectivity index (χ1v) is 6.29. The molecule has 19 heavy (non-hydrogen) atoms. The summed E-state index contributed by atoms with van der Waals surface area (Å²) in [7, 11) is 1.93. The molecule has 6 nitrogen and oxygen atoms in total. The van der Waals surface area contributed by atoms with E-state index in [0.29, 0.717) is 12.1 Å². The van der Waals surface area contributed by atoms with Gasteiger partial charge in [-0.15, -0.1) is 10.2 Å². The molecular formula is C13H15N5O. The Morgan fingerprint density at radius 2 is 2.37 bits per heavy atom. The van der Waals surface area contributed by atoms with E-state index in [0.717, 1.165) is 18.8 Å². The molecule has 0 spiro atoms. The second-order valence-electron chi connectivity index (χ2n) is 4.78. The molecule has 0 aliphatic carbocycles. The Balaban J connectivity index is 1.73. The van der Waals surface area contributed by atoms with Gasteiger partial charge in [-0.05, 0) is 18.6 Å². The van der Waals surface area contributed by atoms with E-state index in [1.54, 1.807) is 30.9 Å². The second-order valence-corrected chi connectivity index (χ2v) is 4.78. The van der Waals surface area contributed by atoms with Gasteiger partial charge in [-0.3, -0.25) is 9.78 Å². The van der Waals surface area contributed by atoms with E-state index < -0.39 is 0 Å². The predicted molar refractivity (Wildman–Crippen MR) is 68.5 cm³/mol. The van der Waals surface area contributed by atoms with Gasteiger partial charge in [-0.1, -0.05) is 0 Å². The van der Waals surface area contributed by atoms with Crippen LogP contribution in [0.2, 0.25) is 0 Å². The third-order valence-electron chi connectivity index (χ3n) is 3.50. The Morgan fingerprint density at radius 3 is 3.05 bits per heavy atom. The normalized spacial score (nSPS) is 18.8. The SMILES string of the molecule is Cn1cnnc1C1CCN(C(=O)c2cccnc2)C1. The van der Waals surface area contributed by atoms with Crippen molar-refractivity contribution in [2.45, 2.75) is 12.3 Å². The summed E-state index contributed by atoms with van der Waals surface area (Å²) >= 11 is 0. The lowest BCUT2D eigenvalue weighted by molar-refractivity contribution is 0.0790. The summed E-state index contributed by atoms with van der Waals surface area (Å²) in [5.74, 6) is 1.26. The van der Waals surface area contributed by atoms with E-state index in [9.17, 15) is 4.79 Å². The first-order valence-electron chi connectivity index (χ1n) is 6.29. The lowest BCUT2D eigenvalue weighted by Gasteiger charge is -2.16. The first kappa shape index (κ1) is 11.8. The Hall–Kier alpha value is -2.24. The van der Waals surface area contributed by atoms with Crippen molar-refractivity contribution in [1.29, 1.82) is 0 Å². The van der Waals surface area contributed by atoms with Gasteiger partial charge in [0.15, 0.2) is 0 Å². The van der Waals surface area contributed by atoms with Gasteiger partial charge in [0.2, 0.25) is 0 Å². The fourth-order valence-corrected chi connectivity index (χ4v) is 2.49. The minimum absolute atomic E-state index is 0.0396. The average molecular weight is 257 g/mol. The standard InChI is InChI=1S/C13H15N5O/c1-17-9-15-16-12(17)11-4-6-18(8-11)13(19)10-3-2-5-14-7-10/h2-3,5,7,9,11H,4,6,8H2,1H3. The van der Waals surface area contributed by atoms with Crippen molar-refractivity contribution in [2.75, 3.05) is 13.1 Å². The van der Waals surface area contributed by atoms with Gasteiger partial charge in [0, 0.05) is 38.4 Å². The second kappa shape index (κ2) is 4.79. The maximum atomic E-state index is 12.3. The van der Waals surface area contributed by atoms with Crippen molar-refractivity contribution in [3.05, 3.63) is 42.2 Å². The molecule has 0 saturated carbocycles. The van der Waals surface area contributed by atoms with Gasteiger partial charge in [0.05, 0.1) is 5.56 Å². The number of hydrogen-bond donors (Lipinski definition) is 0. The molecule has 2 aromatic heterocycles. The lowest BCUT2D eigenvalue weighted by Crippen LogP contribution is -2.28. The van der Waals surface area contributed by atoms with Crippen LogP contribution in [0, 0.1) is 0 Å². The average Bonchev–Trinajstić information content (AvgIpc) is 3.07. The number of likely N-dealkylation sites (tertiary alicyclic amines) is 1. The largest absolute Gasteiger partial charge is 0.338 e. The van der Waals surface area contributed by atoms with E-state index in [1.807, 2.05) is 16.5 Å². The molecule has 1 aliphatic rings. The van der Waals surface area contributed by atoms with E-state index in [-0.39, 0.29) is 11.8 Å². The Kier molecular flexibility index (Phi) is 2.98. The molecule has 1 atom stereocenters. The molecule has 1 amide bonds. The van der Waals surface area contributed by atoms with E-state index >= 15 is 0 Å². The number of rotatable bonds is 2. The van der Waals surface area contributed by atoms with Crippen molar-refractivity contribution in [2.24, 2.45) is 7.05 Å². The number of pyridine rings is 1. The van der Waals surface area contributed by atoms with Crippen molar-refractivity contribution >= 4 is 5.91 Å². The maximum Gasteiger partial charge on any atom is 0.255 e. The monoisotopic (exact) mass is 257 g/mol. The number of aryl methyl sites for hydroxylation is 1. The Bertz CT molecular complexity index is 580. The molecule has 0 bridgehead atoms. The van der Waals surface area contributed by atoms with Crippen LogP contribution in [-0.2, 0) is 7.05 Å². The topological polar surface area (TPSA) is 63.9 Å². The van der Waals surface area contributed by atoms with Gasteiger partial charge in [0.1, 0.15) is 12.2 Å². The summed E-state index contributed by atoms with van der Waals surface area (Å²) in [6, 6.07) is 3.58. The summed E-state index contributed by atoms with van der Waals surface area (Å²) in [5, 5.41) is 8.02. The molecule has 6 heteroatoms. The minimum Gasteiger partial charge on any atom is -0.338 e. The van der Waals surface area contributed by atoms with E-state index in [4.69, 9.17) is 0 Å². The zero-order chi connectivity index (χ0) is 13.2. The summed E-state index contributed by atoms with van der Waals surface area (Å²) in [4.78, 5) is 18.1. The number of hydrogen-bond acceptors (Lipinski definition) is 4. The molecule has 0 N–H and O–H groups in total. The van der Waals surface area contributed by atoms with Gasteiger partial charge in [0.25, 0.3) is 5.91 Å². The van der Waals surface area contributed by atoms with Gasteiger partial charge < -0.3 is 9.47 Å². The number of carbonyl (C=O) groups is 1. The molecule has 2 aromatic rings. The quantitative estimate of drug-likeness (QED) is 0.799. The molecular weight excluding hydrogens is 242 g/mol. The molecule has 3 rings (SSSR count). The smallest absolute Gasteiger partial charge is 0.255 e. The van der Waals surface area contributed by atoms with Crippen LogP contribution in [0.1, 0.15) is 28.5 Å². The summed E-state index contributed by atoms with van der Waals surface area (Å²) in [6.45, 7) is 1.45. The highest BCUT2D eigenvalue weighted by Crippen LogP contribution is 2.26. The molecule has 98 valence electrons. The van der Waals surface area contributed by atoms with Crippen LogP contribution in [0.3, 0.4) is 0 Å². The zero-order valence-corrected chi connectivity index (χ0v) is 10.7. The molecule has 0 radical (unpaired) electrons. The van der Waals surface area contributed by atoms with Crippen LogP contribution in [-0.4, -0.2) is 43.6 Å². The molecule has 0 aromatic carbocycles. The van der Waals surface area contributed by atoms with Gasteiger partial charge >= 0.3 is 0 Å². The van der Waals surface area contributed by atoms with Crippen molar-refractivity contribution < 1.29 is 4.79 Å². The summed E-state index contributed by atoms with van der Waals surface area (Å²) in [5.41, 5.74) is 0.640. The summed E-state index contributed by atoms with van der Waals surface area (Å²) in [6.07, 6.45) is 5.90. The van der Waals surface area contributed by atoms with Crippen LogP contribution >= 0.6 is 0 Å². The minimum atomic E-state index is 0.0396. The number of aromatic nitrogens is 4. The third kappa shape index (κ3) is 2.21. The third-order valence-corrected chi connectivity index (χ3v) is 3.50. The van der Waals surface area contributed by atoms with Crippen LogP contribution in [0.25, 0.3) is 0 Å². The molecule has 1 fully saturated rings. The molecule has 1 unspecified atom stereocenters. The highest BCUT2D eigenvalue weighted by molar-refractivity contribution is 5.94. The highest BCUT2D eigenvalue weighted by Gasteiger charge is 2.30. The van der Waals surface area contributed by atoms with E-state index in [1.165, 1.54) is 0 Å². The first-order chi connectivity index (χ1) is 9.25. The predicted octanol–water partition coefficient (Wildman–Crippen LogP) is 0.840. The van der Waals surface area contributed by atoms with Gasteiger partial charge in [-0.25, -0.2) is 0 Å². The fourth-order valence-electron chi connectivity index (χ4n) is 2.49. The molecule has 3 heterocycles. The van der Waals surface area contributed by atoms with Crippen molar-refractivity contribution in [3.63, 3.8) is 0 Å². The number of carbonyl (C=O) groups excluding carboxylic acids is 1. The summed E-state index contributed by atoms with van der Waals surface area (Å²) < 4.78 is 1.92. The lowest BCUT2D eigenvalue weighted by atomic mass is 10.1. The Labute approximate surface area is 111 Å². The van der Waals surface area contributed by atoms with Crippen LogP contribution in [0.5, 0.6) is 0 Å². The molecule has 1 saturated heterocycles. The fraction of sp³-hybridized carbons (Fsp3) is 0.385. The highest BCUT2D eigenvalue weighted by atomic mass is 16.2. The number of nitrogens with zero attached hydrogens (tertiary/aromatic N) is 5. The Morgan fingerprint density at radius 1 is 1.47 bits per heavy atom. The number of amides is 1. The van der Waals surface area contributed by atoms with Crippen LogP contribution < -0.4 is 0 Å². The van der Waals surface area contributed by atoms with Crippen LogP contribution in [0.15, 0.2) is 30.9 Å².